The van der Waals surface area contributed by atoms with Crippen LogP contribution in [0.25, 0.3) is 11.6 Å². The van der Waals surface area contributed by atoms with E-state index >= 15 is 0 Å². The fourth-order valence-corrected chi connectivity index (χ4v) is 3.30. The molecule has 24 heavy (non-hydrogen) atoms. The minimum Gasteiger partial charge on any atom is -0.461 e. The highest BCUT2D eigenvalue weighted by Crippen LogP contribution is 2.29. The van der Waals surface area contributed by atoms with E-state index in [-0.39, 0.29) is 11.7 Å². The Balaban J connectivity index is 1.79. The van der Waals surface area contributed by atoms with Gasteiger partial charge in [-0.05, 0) is 31.5 Å². The number of thioether (sulfide) groups is 1. The summed E-state index contributed by atoms with van der Waals surface area (Å²) in [5, 5.41) is 20.0. The maximum atomic E-state index is 10.7. The molecule has 0 N–H and O–H groups in total. The zero-order valence-corrected chi connectivity index (χ0v) is 14.1. The molecule has 1 aromatic carbocycles. The van der Waals surface area contributed by atoms with Gasteiger partial charge in [0.05, 0.1) is 11.2 Å². The third-order valence-electron chi connectivity index (χ3n) is 3.44. The predicted molar refractivity (Wildman–Crippen MR) is 90.8 cm³/mol. The van der Waals surface area contributed by atoms with Crippen molar-refractivity contribution in [2.75, 3.05) is 0 Å². The van der Waals surface area contributed by atoms with Gasteiger partial charge in [0, 0.05) is 23.9 Å². The quantitative estimate of drug-likeness (QED) is 0.376. The number of aromatic nitrogens is 3. The van der Waals surface area contributed by atoms with E-state index in [1.807, 2.05) is 16.7 Å². The van der Waals surface area contributed by atoms with Crippen LogP contribution in [-0.2, 0) is 5.75 Å². The molecule has 0 aliphatic rings. The summed E-state index contributed by atoms with van der Waals surface area (Å²) in [5.41, 5.74) is 1.08. The number of furan rings is 1. The number of nitro groups is 1. The molecule has 124 valence electrons. The number of hydrogen-bond donors (Lipinski definition) is 0. The van der Waals surface area contributed by atoms with Crippen molar-refractivity contribution in [2.24, 2.45) is 0 Å². The second-order valence-corrected chi connectivity index (χ2v) is 6.40. The Morgan fingerprint density at radius 1 is 1.25 bits per heavy atom. The molecule has 0 bridgehead atoms. The molecule has 2 aromatic heterocycles. The molecule has 0 amide bonds. The molecular formula is C16H16N4O3S. The first-order valence-electron chi connectivity index (χ1n) is 7.41. The van der Waals surface area contributed by atoms with Gasteiger partial charge in [0.2, 0.25) is 5.82 Å². The maximum absolute atomic E-state index is 10.7. The van der Waals surface area contributed by atoms with Crippen LogP contribution in [0.15, 0.2) is 52.2 Å². The molecule has 0 spiro atoms. The van der Waals surface area contributed by atoms with Crippen LogP contribution in [0.5, 0.6) is 0 Å². The van der Waals surface area contributed by atoms with Crippen molar-refractivity contribution < 1.29 is 9.34 Å². The van der Waals surface area contributed by atoms with Gasteiger partial charge < -0.3 is 4.42 Å². The largest absolute Gasteiger partial charge is 0.461 e. The Labute approximate surface area is 142 Å². The van der Waals surface area contributed by atoms with E-state index in [9.17, 15) is 10.1 Å². The third kappa shape index (κ3) is 3.33. The minimum atomic E-state index is -0.401. The minimum absolute atomic E-state index is 0.0919. The molecule has 3 aromatic rings. The lowest BCUT2D eigenvalue weighted by atomic mass is 10.2. The predicted octanol–water partition coefficient (Wildman–Crippen LogP) is 4.32. The van der Waals surface area contributed by atoms with Crippen molar-refractivity contribution in [1.29, 1.82) is 0 Å². The normalized spacial score (nSPS) is 11.1. The molecule has 0 atom stereocenters. The molecule has 0 aliphatic heterocycles. The number of non-ortho nitro benzene ring substituents is 1. The Kier molecular flexibility index (Phi) is 4.66. The smallest absolute Gasteiger partial charge is 0.269 e. The van der Waals surface area contributed by atoms with Gasteiger partial charge in [-0.2, -0.15) is 0 Å². The van der Waals surface area contributed by atoms with Crippen molar-refractivity contribution in [1.82, 2.24) is 14.8 Å². The van der Waals surface area contributed by atoms with Crippen LogP contribution >= 0.6 is 11.8 Å². The van der Waals surface area contributed by atoms with Crippen LogP contribution in [0, 0.1) is 10.1 Å². The zero-order valence-electron chi connectivity index (χ0n) is 13.2. The lowest BCUT2D eigenvalue weighted by Crippen LogP contribution is -2.04. The Morgan fingerprint density at radius 3 is 2.58 bits per heavy atom. The second-order valence-electron chi connectivity index (χ2n) is 5.46. The second kappa shape index (κ2) is 6.88. The van der Waals surface area contributed by atoms with Crippen LogP contribution in [0.2, 0.25) is 0 Å². The molecule has 0 aliphatic carbocycles. The summed E-state index contributed by atoms with van der Waals surface area (Å²) in [6.45, 7) is 4.12. The summed E-state index contributed by atoms with van der Waals surface area (Å²) < 4.78 is 7.45. The highest BCUT2D eigenvalue weighted by atomic mass is 32.2. The highest BCUT2D eigenvalue weighted by Gasteiger charge is 2.18. The van der Waals surface area contributed by atoms with Crippen LogP contribution in [0.4, 0.5) is 5.69 Å². The standard InChI is InChI=1S/C16H16N4O3S/c1-11(2)19-15(14-4-3-9-23-14)17-18-16(19)24-10-12-5-7-13(8-6-12)20(21)22/h3-9,11H,10H2,1-2H3. The van der Waals surface area contributed by atoms with Crippen LogP contribution in [-0.4, -0.2) is 19.7 Å². The summed E-state index contributed by atoms with van der Waals surface area (Å²) in [6, 6.07) is 10.4. The van der Waals surface area contributed by atoms with Crippen molar-refractivity contribution in [2.45, 2.75) is 30.8 Å². The number of nitro benzene ring substituents is 1. The maximum Gasteiger partial charge on any atom is 0.269 e. The molecule has 3 rings (SSSR count). The SMILES string of the molecule is CC(C)n1c(SCc2ccc([N+](=O)[O-])cc2)nnc1-c1ccco1. The van der Waals surface area contributed by atoms with Gasteiger partial charge in [-0.15, -0.1) is 10.2 Å². The summed E-state index contributed by atoms with van der Waals surface area (Å²) in [5.74, 6) is 2.03. The molecule has 0 fully saturated rings. The van der Waals surface area contributed by atoms with Crippen molar-refractivity contribution in [3.63, 3.8) is 0 Å². The van der Waals surface area contributed by atoms with E-state index in [2.05, 4.69) is 24.0 Å². The first-order valence-corrected chi connectivity index (χ1v) is 8.39. The van der Waals surface area contributed by atoms with Crippen molar-refractivity contribution in [3.8, 4) is 11.6 Å². The van der Waals surface area contributed by atoms with Gasteiger partial charge in [-0.25, -0.2) is 0 Å². The van der Waals surface area contributed by atoms with Gasteiger partial charge in [0.15, 0.2) is 10.9 Å². The van der Waals surface area contributed by atoms with Gasteiger partial charge >= 0.3 is 0 Å². The number of nitrogens with zero attached hydrogens (tertiary/aromatic N) is 4. The summed E-state index contributed by atoms with van der Waals surface area (Å²) in [7, 11) is 0. The third-order valence-corrected chi connectivity index (χ3v) is 4.45. The fraction of sp³-hybridized carbons (Fsp3) is 0.250. The van der Waals surface area contributed by atoms with E-state index in [0.29, 0.717) is 17.3 Å². The van der Waals surface area contributed by atoms with Crippen LogP contribution < -0.4 is 0 Å². The summed E-state index contributed by atoms with van der Waals surface area (Å²) in [4.78, 5) is 10.3. The number of rotatable bonds is 6. The molecule has 0 unspecified atom stereocenters. The highest BCUT2D eigenvalue weighted by molar-refractivity contribution is 7.98. The lowest BCUT2D eigenvalue weighted by molar-refractivity contribution is -0.384. The number of benzene rings is 1. The van der Waals surface area contributed by atoms with E-state index in [1.54, 1.807) is 18.4 Å². The molecule has 7 nitrogen and oxygen atoms in total. The fourth-order valence-electron chi connectivity index (χ4n) is 2.28. The van der Waals surface area contributed by atoms with E-state index in [1.165, 1.54) is 23.9 Å². The molecular weight excluding hydrogens is 328 g/mol. The lowest BCUT2D eigenvalue weighted by Gasteiger charge is -2.12. The monoisotopic (exact) mass is 344 g/mol. The van der Waals surface area contributed by atoms with Crippen molar-refractivity contribution >= 4 is 17.4 Å². The van der Waals surface area contributed by atoms with Gasteiger partial charge in [0.25, 0.3) is 5.69 Å². The van der Waals surface area contributed by atoms with Crippen LogP contribution in [0.1, 0.15) is 25.5 Å². The Hall–Kier alpha value is -2.61. The first-order chi connectivity index (χ1) is 11.6. The topological polar surface area (TPSA) is 87.0 Å². The summed E-state index contributed by atoms with van der Waals surface area (Å²) in [6.07, 6.45) is 1.61. The van der Waals surface area contributed by atoms with E-state index < -0.39 is 4.92 Å². The molecule has 0 saturated heterocycles. The summed E-state index contributed by atoms with van der Waals surface area (Å²) >= 11 is 1.54. The average molecular weight is 344 g/mol. The molecule has 2 heterocycles. The molecule has 0 saturated carbocycles. The van der Waals surface area contributed by atoms with Gasteiger partial charge in [0.1, 0.15) is 0 Å². The average Bonchev–Trinajstić information content (AvgIpc) is 3.22. The molecule has 8 heteroatoms. The zero-order chi connectivity index (χ0) is 17.1. The molecule has 0 radical (unpaired) electrons. The first kappa shape index (κ1) is 16.3. The van der Waals surface area contributed by atoms with Crippen LogP contribution in [0.3, 0.4) is 0 Å². The Morgan fingerprint density at radius 2 is 2.00 bits per heavy atom. The van der Waals surface area contributed by atoms with Gasteiger partial charge in [-0.3, -0.25) is 14.7 Å². The van der Waals surface area contributed by atoms with Gasteiger partial charge in [-0.1, -0.05) is 23.9 Å². The van der Waals surface area contributed by atoms with Crippen molar-refractivity contribution in [3.05, 3.63) is 58.3 Å². The number of hydrogen-bond acceptors (Lipinski definition) is 6. The van der Waals surface area contributed by atoms with E-state index in [0.717, 1.165) is 10.7 Å². The van der Waals surface area contributed by atoms with E-state index in [4.69, 9.17) is 4.42 Å². The Bertz CT molecular complexity index is 826.